The zero-order chi connectivity index (χ0) is 28.9. The molecule has 3 atom stereocenters. The number of unbranched alkanes of at least 4 members (excludes halogenated alkanes) is 1. The quantitative estimate of drug-likeness (QED) is 0.120. The number of carbonyl (C=O) groups is 4. The van der Waals surface area contributed by atoms with Crippen molar-refractivity contribution in [3.8, 4) is 0 Å². The molecule has 3 amide bonds. The molecule has 0 saturated heterocycles. The average molecular weight is 566 g/mol. The molecule has 1 aromatic heterocycles. The zero-order valence-corrected chi connectivity index (χ0v) is 23.0. The first-order valence-electron chi connectivity index (χ1n) is 13.1. The first-order chi connectivity index (χ1) is 19.3. The minimum atomic E-state index is -1.23. The second-order valence-corrected chi connectivity index (χ2v) is 9.80. The molecule has 0 aliphatic rings. The summed E-state index contributed by atoms with van der Waals surface area (Å²) in [4.78, 5) is 55.1. The number of benzene rings is 2. The Morgan fingerprint density at radius 1 is 0.850 bits per heavy atom. The summed E-state index contributed by atoms with van der Waals surface area (Å²) in [5.41, 5.74) is 6.96. The van der Waals surface area contributed by atoms with Gasteiger partial charge in [0, 0.05) is 24.1 Å². The normalized spacial score (nSPS) is 13.2. The second kappa shape index (κ2) is 15.6. The van der Waals surface area contributed by atoms with Gasteiger partial charge in [-0.3, -0.25) is 19.4 Å². The predicted molar refractivity (Wildman–Crippen MR) is 156 cm³/mol. The fourth-order valence-electron chi connectivity index (χ4n) is 4.21. The van der Waals surface area contributed by atoms with Gasteiger partial charge in [-0.1, -0.05) is 48.5 Å². The number of nitrogens with zero attached hydrogens (tertiary/aromatic N) is 1. The molecule has 0 radical (unpaired) electrons. The number of thiol groups is 1. The molecule has 2 aromatic carbocycles. The smallest absolute Gasteiger partial charge is 0.327 e. The van der Waals surface area contributed by atoms with Gasteiger partial charge in [-0.15, -0.1) is 0 Å². The van der Waals surface area contributed by atoms with Crippen LogP contribution in [-0.2, 0) is 32.0 Å². The summed E-state index contributed by atoms with van der Waals surface area (Å²) in [7, 11) is 0. The fraction of sp³-hybridized carbons (Fsp3) is 0.345. The lowest BCUT2D eigenvalue weighted by atomic mass is 10.0. The lowest BCUT2D eigenvalue weighted by Gasteiger charge is -2.24. The maximum atomic E-state index is 13.5. The summed E-state index contributed by atoms with van der Waals surface area (Å²) < 4.78 is 0. The number of carbonyl (C=O) groups excluding carboxylic acids is 3. The standard InChI is InChI=1S/C29H35N5O5S/c30-13-5-3-10-23(27(36)34-25(18-40)29(38)39)33-28(37)24(17-22-9-4-6-14-31-22)32-26(35)16-19-11-12-20-7-1-2-8-21(20)15-19/h1-2,4,6-9,11-12,14-15,23-25,40H,3,5,10,13,16-18,30H2,(H,32,35)(H,33,37)(H,34,36)(H,38,39)/t23-,24?,25?/m0/s1. The molecule has 0 aliphatic heterocycles. The second-order valence-electron chi connectivity index (χ2n) is 9.43. The van der Waals surface area contributed by atoms with Crippen molar-refractivity contribution in [1.82, 2.24) is 20.9 Å². The van der Waals surface area contributed by atoms with E-state index in [1.165, 1.54) is 0 Å². The van der Waals surface area contributed by atoms with Gasteiger partial charge in [-0.2, -0.15) is 12.6 Å². The lowest BCUT2D eigenvalue weighted by Crippen LogP contribution is -2.56. The van der Waals surface area contributed by atoms with Crippen LogP contribution in [-0.4, -0.2) is 64.2 Å². The van der Waals surface area contributed by atoms with Crippen molar-refractivity contribution in [2.45, 2.75) is 50.2 Å². The summed E-state index contributed by atoms with van der Waals surface area (Å²) in [5.74, 6) is -2.94. The molecule has 1 heterocycles. The van der Waals surface area contributed by atoms with Crippen molar-refractivity contribution >= 4 is 47.1 Å². The number of nitrogens with two attached hydrogens (primary N) is 1. The first kappa shape index (κ1) is 30.6. The van der Waals surface area contributed by atoms with E-state index in [4.69, 9.17) is 5.73 Å². The van der Waals surface area contributed by atoms with Crippen molar-refractivity contribution in [2.75, 3.05) is 12.3 Å². The SMILES string of the molecule is NCCCC[C@H](NC(=O)C(Cc1ccccn1)NC(=O)Cc1ccc2ccccc2c1)C(=O)NC(CS)C(=O)O. The van der Waals surface area contributed by atoms with Gasteiger partial charge in [0.2, 0.25) is 17.7 Å². The van der Waals surface area contributed by atoms with Crippen LogP contribution in [0.25, 0.3) is 10.8 Å². The number of amides is 3. The van der Waals surface area contributed by atoms with Crippen LogP contribution in [0.5, 0.6) is 0 Å². The van der Waals surface area contributed by atoms with E-state index >= 15 is 0 Å². The van der Waals surface area contributed by atoms with Crippen LogP contribution in [0.2, 0.25) is 0 Å². The molecule has 0 fully saturated rings. The van der Waals surface area contributed by atoms with Crippen LogP contribution >= 0.6 is 12.6 Å². The number of rotatable bonds is 15. The molecule has 0 aliphatic carbocycles. The molecule has 0 bridgehead atoms. The van der Waals surface area contributed by atoms with Gasteiger partial charge in [-0.25, -0.2) is 4.79 Å². The highest BCUT2D eigenvalue weighted by Crippen LogP contribution is 2.16. The molecule has 10 nitrogen and oxygen atoms in total. The monoisotopic (exact) mass is 565 g/mol. The number of aromatic nitrogens is 1. The molecule has 0 spiro atoms. The van der Waals surface area contributed by atoms with Crippen molar-refractivity contribution < 1.29 is 24.3 Å². The third-order valence-electron chi connectivity index (χ3n) is 6.35. The van der Waals surface area contributed by atoms with Gasteiger partial charge in [0.05, 0.1) is 6.42 Å². The van der Waals surface area contributed by atoms with Crippen LogP contribution in [0.4, 0.5) is 0 Å². The molecule has 3 rings (SSSR count). The van der Waals surface area contributed by atoms with Crippen LogP contribution in [0, 0.1) is 0 Å². The molecule has 0 saturated carbocycles. The largest absolute Gasteiger partial charge is 0.480 e. The molecule has 6 N–H and O–H groups in total. The molecular weight excluding hydrogens is 530 g/mol. The van der Waals surface area contributed by atoms with Crippen LogP contribution in [0.3, 0.4) is 0 Å². The van der Waals surface area contributed by atoms with E-state index in [2.05, 4.69) is 33.6 Å². The molecular formula is C29H35N5O5S. The Labute approximate surface area is 238 Å². The number of aliphatic carboxylic acids is 1. The van der Waals surface area contributed by atoms with E-state index in [9.17, 15) is 24.3 Å². The van der Waals surface area contributed by atoms with Crippen LogP contribution in [0.1, 0.15) is 30.5 Å². The Balaban J connectivity index is 1.76. The summed E-state index contributed by atoms with van der Waals surface area (Å²) in [5, 5.41) is 19.3. The lowest BCUT2D eigenvalue weighted by molar-refractivity contribution is -0.141. The van der Waals surface area contributed by atoms with E-state index in [0.717, 1.165) is 16.3 Å². The Bertz CT molecular complexity index is 1310. The first-order valence-corrected chi connectivity index (χ1v) is 13.8. The average Bonchev–Trinajstić information content (AvgIpc) is 2.95. The number of hydrogen-bond acceptors (Lipinski definition) is 7. The zero-order valence-electron chi connectivity index (χ0n) is 22.1. The predicted octanol–water partition coefficient (Wildman–Crippen LogP) is 1.62. The number of hydrogen-bond donors (Lipinski definition) is 6. The highest BCUT2D eigenvalue weighted by atomic mass is 32.1. The number of fused-ring (bicyclic) bond motifs is 1. The van der Waals surface area contributed by atoms with Crippen molar-refractivity contribution in [1.29, 1.82) is 0 Å². The van der Waals surface area contributed by atoms with Gasteiger partial charge in [-0.05, 0) is 54.3 Å². The molecule has 11 heteroatoms. The summed E-state index contributed by atoms with van der Waals surface area (Å²) in [6.07, 6.45) is 3.14. The van der Waals surface area contributed by atoms with Crippen LogP contribution in [0.15, 0.2) is 66.9 Å². The van der Waals surface area contributed by atoms with E-state index in [-0.39, 0.29) is 30.9 Å². The van der Waals surface area contributed by atoms with Crippen LogP contribution < -0.4 is 21.7 Å². The minimum Gasteiger partial charge on any atom is -0.480 e. The van der Waals surface area contributed by atoms with E-state index < -0.39 is 35.9 Å². The Morgan fingerprint density at radius 2 is 1.55 bits per heavy atom. The molecule has 40 heavy (non-hydrogen) atoms. The van der Waals surface area contributed by atoms with Crippen molar-refractivity contribution in [3.63, 3.8) is 0 Å². The fourth-order valence-corrected chi connectivity index (χ4v) is 4.46. The topological polar surface area (TPSA) is 164 Å². The highest BCUT2D eigenvalue weighted by molar-refractivity contribution is 7.80. The summed E-state index contributed by atoms with van der Waals surface area (Å²) in [6.45, 7) is 0.407. The minimum absolute atomic E-state index is 0.0550. The number of nitrogens with one attached hydrogen (secondary N) is 3. The van der Waals surface area contributed by atoms with Gasteiger partial charge in [0.15, 0.2) is 0 Å². The van der Waals surface area contributed by atoms with E-state index in [1.54, 1.807) is 24.4 Å². The van der Waals surface area contributed by atoms with Gasteiger partial charge >= 0.3 is 5.97 Å². The number of pyridine rings is 1. The van der Waals surface area contributed by atoms with Gasteiger partial charge in [0.25, 0.3) is 0 Å². The Morgan fingerprint density at radius 3 is 2.23 bits per heavy atom. The van der Waals surface area contributed by atoms with Gasteiger partial charge in [0.1, 0.15) is 18.1 Å². The third kappa shape index (κ3) is 9.35. The third-order valence-corrected chi connectivity index (χ3v) is 6.71. The Hall–Kier alpha value is -3.96. The van der Waals surface area contributed by atoms with Gasteiger partial charge < -0.3 is 26.8 Å². The maximum absolute atomic E-state index is 13.5. The maximum Gasteiger partial charge on any atom is 0.327 e. The molecule has 212 valence electrons. The molecule has 3 aromatic rings. The summed E-state index contributed by atoms with van der Waals surface area (Å²) >= 11 is 3.99. The van der Waals surface area contributed by atoms with E-state index in [1.807, 2.05) is 42.5 Å². The van der Waals surface area contributed by atoms with E-state index in [0.29, 0.717) is 25.1 Å². The summed E-state index contributed by atoms with van der Waals surface area (Å²) in [6, 6.07) is 15.6. The number of carboxylic acids is 1. The van der Waals surface area contributed by atoms with Crippen molar-refractivity contribution in [2.24, 2.45) is 5.73 Å². The number of carboxylic acid groups (broad SMARTS) is 1. The highest BCUT2D eigenvalue weighted by Gasteiger charge is 2.29. The Kier molecular flexibility index (Phi) is 11.9. The van der Waals surface area contributed by atoms with Crippen molar-refractivity contribution in [3.05, 3.63) is 78.1 Å². The molecule has 2 unspecified atom stereocenters.